The lowest BCUT2D eigenvalue weighted by molar-refractivity contribution is -0.145. The summed E-state index contributed by atoms with van der Waals surface area (Å²) in [5.41, 5.74) is 0.980. The third-order valence-corrected chi connectivity index (χ3v) is 3.03. The highest BCUT2D eigenvalue weighted by atomic mass is 16.5. The quantitative estimate of drug-likeness (QED) is 0.768. The van der Waals surface area contributed by atoms with Crippen molar-refractivity contribution in [3.8, 4) is 0 Å². The number of carbonyl (C=O) groups excluding carboxylic acids is 1. The molecule has 2 aromatic rings. The van der Waals surface area contributed by atoms with Gasteiger partial charge in [0.2, 0.25) is 0 Å². The van der Waals surface area contributed by atoms with Crippen LogP contribution in [0.25, 0.3) is 0 Å². The molecule has 1 aromatic carbocycles. The molecule has 0 bridgehead atoms. The summed E-state index contributed by atoms with van der Waals surface area (Å²) in [5.74, 6) is 1.05. The van der Waals surface area contributed by atoms with E-state index in [-0.39, 0.29) is 12.5 Å². The zero-order chi connectivity index (χ0) is 13.1. The van der Waals surface area contributed by atoms with Crippen LogP contribution in [0.2, 0.25) is 0 Å². The molecule has 0 aliphatic heterocycles. The van der Waals surface area contributed by atoms with Crippen LogP contribution in [-0.2, 0) is 22.7 Å². The number of nitrogens with zero attached hydrogens (tertiary/aromatic N) is 3. The van der Waals surface area contributed by atoms with Gasteiger partial charge in [-0.15, -0.1) is 0 Å². The number of benzene rings is 1. The Morgan fingerprint density at radius 2 is 2.11 bits per heavy atom. The summed E-state index contributed by atoms with van der Waals surface area (Å²) >= 11 is 0. The molecule has 5 nitrogen and oxygen atoms in total. The van der Waals surface area contributed by atoms with Gasteiger partial charge in [0.25, 0.3) is 0 Å². The van der Waals surface area contributed by atoms with Gasteiger partial charge in [-0.05, 0) is 18.4 Å². The van der Waals surface area contributed by atoms with Crippen molar-refractivity contribution in [3.63, 3.8) is 0 Å². The van der Waals surface area contributed by atoms with E-state index >= 15 is 0 Å². The molecule has 19 heavy (non-hydrogen) atoms. The van der Waals surface area contributed by atoms with Crippen LogP contribution >= 0.6 is 0 Å². The Balaban J connectivity index is 1.50. The Labute approximate surface area is 111 Å². The summed E-state index contributed by atoms with van der Waals surface area (Å²) in [5, 5.41) is 4.27. The van der Waals surface area contributed by atoms with E-state index in [9.17, 15) is 4.79 Å². The number of ether oxygens (including phenoxy) is 1. The molecule has 0 unspecified atom stereocenters. The fourth-order valence-electron chi connectivity index (χ4n) is 1.83. The van der Waals surface area contributed by atoms with Gasteiger partial charge in [0.1, 0.15) is 19.5 Å². The SMILES string of the molecule is O=C(Cn1cnc(C2CC2)n1)OCc1ccccc1. The zero-order valence-corrected chi connectivity index (χ0v) is 10.5. The molecule has 3 rings (SSSR count). The average molecular weight is 257 g/mol. The summed E-state index contributed by atoms with van der Waals surface area (Å²) < 4.78 is 6.73. The van der Waals surface area contributed by atoms with Crippen molar-refractivity contribution in [2.45, 2.75) is 31.9 Å². The van der Waals surface area contributed by atoms with Crippen LogP contribution in [0.1, 0.15) is 30.1 Å². The van der Waals surface area contributed by atoms with Crippen molar-refractivity contribution in [3.05, 3.63) is 48.0 Å². The number of hydrogen-bond acceptors (Lipinski definition) is 4. The van der Waals surface area contributed by atoms with Crippen molar-refractivity contribution in [1.29, 1.82) is 0 Å². The van der Waals surface area contributed by atoms with E-state index in [4.69, 9.17) is 4.74 Å². The molecule has 0 amide bonds. The van der Waals surface area contributed by atoms with Crippen molar-refractivity contribution >= 4 is 5.97 Å². The normalized spacial score (nSPS) is 14.3. The highest BCUT2D eigenvalue weighted by Gasteiger charge is 2.27. The molecule has 1 aliphatic carbocycles. The van der Waals surface area contributed by atoms with Gasteiger partial charge in [-0.2, -0.15) is 5.10 Å². The summed E-state index contributed by atoms with van der Waals surface area (Å²) in [7, 11) is 0. The highest BCUT2D eigenvalue weighted by molar-refractivity contribution is 5.69. The fourth-order valence-corrected chi connectivity index (χ4v) is 1.83. The van der Waals surface area contributed by atoms with E-state index in [1.54, 1.807) is 11.0 Å². The van der Waals surface area contributed by atoms with Gasteiger partial charge < -0.3 is 4.74 Å². The van der Waals surface area contributed by atoms with Crippen LogP contribution in [0.15, 0.2) is 36.7 Å². The Hall–Kier alpha value is -2.17. The van der Waals surface area contributed by atoms with E-state index in [1.807, 2.05) is 30.3 Å². The molecule has 0 spiro atoms. The summed E-state index contributed by atoms with van der Waals surface area (Å²) in [6, 6.07) is 9.62. The average Bonchev–Trinajstić information content (AvgIpc) is 3.19. The van der Waals surface area contributed by atoms with Gasteiger partial charge in [0.05, 0.1) is 0 Å². The zero-order valence-electron chi connectivity index (χ0n) is 10.5. The van der Waals surface area contributed by atoms with E-state index in [0.717, 1.165) is 24.2 Å². The van der Waals surface area contributed by atoms with Gasteiger partial charge >= 0.3 is 5.97 Å². The molecule has 1 fully saturated rings. The molecule has 5 heteroatoms. The van der Waals surface area contributed by atoms with Gasteiger partial charge in [0.15, 0.2) is 5.82 Å². The van der Waals surface area contributed by atoms with Crippen LogP contribution in [0.4, 0.5) is 0 Å². The number of aromatic nitrogens is 3. The Morgan fingerprint density at radius 1 is 1.32 bits per heavy atom. The first-order chi connectivity index (χ1) is 9.31. The molecule has 0 N–H and O–H groups in total. The van der Waals surface area contributed by atoms with E-state index in [2.05, 4.69) is 10.1 Å². The molecule has 1 aromatic heterocycles. The minimum absolute atomic E-state index is 0.118. The number of carbonyl (C=O) groups is 1. The summed E-state index contributed by atoms with van der Waals surface area (Å²) in [4.78, 5) is 15.9. The third-order valence-electron chi connectivity index (χ3n) is 3.03. The molecule has 98 valence electrons. The fraction of sp³-hybridized carbons (Fsp3) is 0.357. The second-order valence-corrected chi connectivity index (χ2v) is 4.72. The highest BCUT2D eigenvalue weighted by Crippen LogP contribution is 2.37. The Kier molecular flexibility index (Phi) is 3.27. The molecule has 1 saturated carbocycles. The van der Waals surface area contributed by atoms with Crippen molar-refractivity contribution in [2.24, 2.45) is 0 Å². The molecular weight excluding hydrogens is 242 g/mol. The van der Waals surface area contributed by atoms with Gasteiger partial charge in [-0.25, -0.2) is 9.67 Å². The minimum Gasteiger partial charge on any atom is -0.459 e. The van der Waals surface area contributed by atoms with Crippen LogP contribution in [-0.4, -0.2) is 20.7 Å². The van der Waals surface area contributed by atoms with E-state index in [0.29, 0.717) is 12.5 Å². The first-order valence-electron chi connectivity index (χ1n) is 6.40. The standard InChI is InChI=1S/C14H15N3O2/c18-13(19-9-11-4-2-1-3-5-11)8-17-10-15-14(16-17)12-6-7-12/h1-5,10,12H,6-9H2. The van der Waals surface area contributed by atoms with Gasteiger partial charge in [-0.1, -0.05) is 30.3 Å². The van der Waals surface area contributed by atoms with Crippen LogP contribution in [0.5, 0.6) is 0 Å². The summed E-state index contributed by atoms with van der Waals surface area (Å²) in [6.07, 6.45) is 3.91. The summed E-state index contributed by atoms with van der Waals surface area (Å²) in [6.45, 7) is 0.413. The second kappa shape index (κ2) is 5.22. The monoisotopic (exact) mass is 257 g/mol. The minimum atomic E-state index is -0.295. The lowest BCUT2D eigenvalue weighted by atomic mass is 10.2. The van der Waals surface area contributed by atoms with Crippen molar-refractivity contribution in [2.75, 3.05) is 0 Å². The molecule has 0 saturated heterocycles. The third kappa shape index (κ3) is 3.19. The maximum atomic E-state index is 11.7. The smallest absolute Gasteiger partial charge is 0.328 e. The topological polar surface area (TPSA) is 57.0 Å². The van der Waals surface area contributed by atoms with Crippen LogP contribution in [0.3, 0.4) is 0 Å². The molecule has 1 aliphatic rings. The predicted octanol–water partition coefficient (Wildman–Crippen LogP) is 1.90. The lowest BCUT2D eigenvalue weighted by Gasteiger charge is -2.04. The number of rotatable bonds is 5. The van der Waals surface area contributed by atoms with Crippen molar-refractivity contribution in [1.82, 2.24) is 14.8 Å². The first kappa shape index (κ1) is 11.9. The first-order valence-corrected chi connectivity index (χ1v) is 6.40. The molecule has 1 heterocycles. The molecule has 0 atom stereocenters. The Bertz CT molecular complexity index is 561. The number of hydrogen-bond donors (Lipinski definition) is 0. The van der Waals surface area contributed by atoms with E-state index < -0.39 is 0 Å². The maximum Gasteiger partial charge on any atom is 0.328 e. The van der Waals surface area contributed by atoms with Crippen LogP contribution < -0.4 is 0 Å². The molecular formula is C14H15N3O2. The van der Waals surface area contributed by atoms with Crippen molar-refractivity contribution < 1.29 is 9.53 Å². The van der Waals surface area contributed by atoms with Crippen LogP contribution in [0, 0.1) is 0 Å². The van der Waals surface area contributed by atoms with E-state index in [1.165, 1.54) is 0 Å². The predicted molar refractivity (Wildman–Crippen MR) is 68.2 cm³/mol. The molecule has 0 radical (unpaired) electrons. The van der Waals surface area contributed by atoms with Gasteiger partial charge in [-0.3, -0.25) is 4.79 Å². The lowest BCUT2D eigenvalue weighted by Crippen LogP contribution is -2.14. The Morgan fingerprint density at radius 3 is 2.84 bits per heavy atom. The number of esters is 1. The maximum absolute atomic E-state index is 11.7. The largest absolute Gasteiger partial charge is 0.459 e. The second-order valence-electron chi connectivity index (χ2n) is 4.72. The van der Waals surface area contributed by atoms with Gasteiger partial charge in [0, 0.05) is 5.92 Å².